The maximum Gasteiger partial charge on any atom is 0.326 e. The number of carbonyl (C=O) groups is 2. The number of quaternary nitrogens is 1. The average Bonchev–Trinajstić information content (AvgIpc) is 3.52. The summed E-state index contributed by atoms with van der Waals surface area (Å²) < 4.78 is 7.64. The molecule has 0 aromatic heterocycles. The first kappa shape index (κ1) is 23.1. The molecule has 1 saturated heterocycles. The zero-order valence-corrected chi connectivity index (χ0v) is 20.6. The van der Waals surface area contributed by atoms with E-state index in [2.05, 4.69) is 25.4 Å². The smallest absolute Gasteiger partial charge is 0.326 e. The molecule has 6 rings (SSSR count). The Balaban J connectivity index is 1.44. The fourth-order valence-corrected chi connectivity index (χ4v) is 8.25. The Bertz CT molecular complexity index is 1090. The van der Waals surface area contributed by atoms with Crippen LogP contribution in [0, 0.1) is 11.8 Å². The Morgan fingerprint density at radius 1 is 1.23 bits per heavy atom. The van der Waals surface area contributed by atoms with Crippen LogP contribution in [0.3, 0.4) is 0 Å². The number of benzene rings is 1. The molecule has 2 heterocycles. The first-order chi connectivity index (χ1) is 16.6. The highest BCUT2D eigenvalue weighted by molar-refractivity contribution is 5.80. The van der Waals surface area contributed by atoms with Crippen molar-refractivity contribution in [3.8, 4) is 5.75 Å². The molecule has 4 N–H and O–H groups in total. The molecule has 2 bridgehead atoms. The molecule has 3 fully saturated rings. The Kier molecular flexibility index (Phi) is 5.01. The second-order valence-corrected chi connectivity index (χ2v) is 12.2. The van der Waals surface area contributed by atoms with Crippen LogP contribution in [0.1, 0.15) is 63.0 Å². The lowest BCUT2D eigenvalue weighted by molar-refractivity contribution is -0.950. The number of carboxylic acids is 2. The minimum Gasteiger partial charge on any atom is -0.487 e. The molecule has 3 aliphatic carbocycles. The number of carboxylic acid groups (broad SMARTS) is 2. The zero-order valence-electron chi connectivity index (χ0n) is 20.6. The van der Waals surface area contributed by atoms with Crippen molar-refractivity contribution in [2.75, 3.05) is 25.5 Å². The highest BCUT2D eigenvalue weighted by Gasteiger charge is 2.75. The maximum atomic E-state index is 12.6. The minimum atomic E-state index is -1.08. The third-order valence-electron chi connectivity index (χ3n) is 10.1. The lowest BCUT2D eigenvalue weighted by atomic mass is 9.47. The predicted octanol–water partition coefficient (Wildman–Crippen LogP) is 2.76. The van der Waals surface area contributed by atoms with Crippen LogP contribution < -0.4 is 10.1 Å². The normalized spacial score (nSPS) is 39.3. The monoisotopic (exact) mass is 485 g/mol. The van der Waals surface area contributed by atoms with Gasteiger partial charge in [0.25, 0.3) is 0 Å². The van der Waals surface area contributed by atoms with Crippen molar-refractivity contribution in [1.29, 1.82) is 0 Å². The SMILES string of the molecule is C[C@@H]1CC[C@@]2(O)[C@H]3Cc4ccc(N[C@@H](CCC(=O)O)C(=O)O)c5c4[C@@]2(CC[N+]3(C)CC2CC2)[C@H]1O5. The molecule has 8 nitrogen and oxygen atoms in total. The van der Waals surface area contributed by atoms with Gasteiger partial charge in [-0.15, -0.1) is 0 Å². The molecule has 1 unspecified atom stereocenters. The van der Waals surface area contributed by atoms with E-state index in [1.807, 2.05) is 6.07 Å². The molecule has 8 heteroatoms. The average molecular weight is 486 g/mol. The van der Waals surface area contributed by atoms with E-state index in [0.717, 1.165) is 54.7 Å². The van der Waals surface area contributed by atoms with E-state index < -0.39 is 29.0 Å². The number of ether oxygens (including phenoxy) is 1. The molecule has 1 aromatic rings. The van der Waals surface area contributed by atoms with Crippen molar-refractivity contribution in [3.05, 3.63) is 23.3 Å². The number of aliphatic hydroxyl groups is 1. The van der Waals surface area contributed by atoms with E-state index in [1.165, 1.54) is 18.4 Å². The number of hydrogen-bond donors (Lipinski definition) is 4. The van der Waals surface area contributed by atoms with Crippen LogP contribution in [0.5, 0.6) is 5.75 Å². The Morgan fingerprint density at radius 2 is 2.00 bits per heavy atom. The minimum absolute atomic E-state index is 0.0187. The van der Waals surface area contributed by atoms with Crippen LogP contribution in [0.25, 0.3) is 0 Å². The molecule has 2 saturated carbocycles. The van der Waals surface area contributed by atoms with Gasteiger partial charge in [-0.1, -0.05) is 13.0 Å². The molecule has 1 spiro atoms. The van der Waals surface area contributed by atoms with Crippen LogP contribution in [-0.2, 0) is 21.4 Å². The number of rotatable bonds is 8. The van der Waals surface area contributed by atoms with Crippen LogP contribution >= 0.6 is 0 Å². The van der Waals surface area contributed by atoms with Gasteiger partial charge in [-0.05, 0) is 49.7 Å². The van der Waals surface area contributed by atoms with Crippen molar-refractivity contribution in [2.45, 2.75) is 87.5 Å². The largest absolute Gasteiger partial charge is 0.487 e. The molecule has 0 amide bonds. The summed E-state index contributed by atoms with van der Waals surface area (Å²) in [5.74, 6) is -0.366. The molecule has 35 heavy (non-hydrogen) atoms. The Morgan fingerprint density at radius 3 is 2.69 bits per heavy atom. The van der Waals surface area contributed by atoms with Gasteiger partial charge in [-0.25, -0.2) is 4.79 Å². The quantitative estimate of drug-likeness (QED) is 0.419. The number of piperidine rings is 1. The van der Waals surface area contributed by atoms with Gasteiger partial charge < -0.3 is 29.9 Å². The van der Waals surface area contributed by atoms with Crippen LogP contribution in [0.4, 0.5) is 5.69 Å². The van der Waals surface area contributed by atoms with Crippen molar-refractivity contribution in [1.82, 2.24) is 0 Å². The van der Waals surface area contributed by atoms with Crippen molar-refractivity contribution >= 4 is 17.6 Å². The summed E-state index contributed by atoms with van der Waals surface area (Å²) >= 11 is 0. The van der Waals surface area contributed by atoms with Crippen molar-refractivity contribution in [3.63, 3.8) is 0 Å². The maximum absolute atomic E-state index is 12.6. The molecular formula is C27H37N2O6+. The molecular weight excluding hydrogens is 448 g/mol. The fraction of sp³-hybridized carbons (Fsp3) is 0.704. The van der Waals surface area contributed by atoms with Crippen molar-refractivity contribution < 1.29 is 34.1 Å². The molecule has 0 radical (unpaired) electrons. The van der Waals surface area contributed by atoms with Crippen LogP contribution in [0.15, 0.2) is 12.1 Å². The second kappa shape index (κ2) is 7.59. The highest BCUT2D eigenvalue weighted by atomic mass is 16.5. The number of likely N-dealkylation sites (tertiary alicyclic amines) is 1. The van der Waals surface area contributed by atoms with Gasteiger partial charge in [0, 0.05) is 30.7 Å². The Hall–Kier alpha value is -2.32. The van der Waals surface area contributed by atoms with E-state index in [1.54, 1.807) is 0 Å². The summed E-state index contributed by atoms with van der Waals surface area (Å²) in [6.07, 6.45) is 5.56. The van der Waals surface area contributed by atoms with Crippen LogP contribution in [-0.4, -0.2) is 75.7 Å². The summed E-state index contributed by atoms with van der Waals surface area (Å²) in [7, 11) is 2.35. The third-order valence-corrected chi connectivity index (χ3v) is 10.1. The Labute approximate surface area is 205 Å². The molecule has 2 aliphatic heterocycles. The lowest BCUT2D eigenvalue weighted by Gasteiger charge is -2.65. The second-order valence-electron chi connectivity index (χ2n) is 12.2. The molecule has 1 aromatic carbocycles. The van der Waals surface area contributed by atoms with Crippen molar-refractivity contribution in [2.24, 2.45) is 11.8 Å². The van der Waals surface area contributed by atoms with Gasteiger partial charge in [-0.3, -0.25) is 4.79 Å². The van der Waals surface area contributed by atoms with Gasteiger partial charge in [0.2, 0.25) is 0 Å². The summed E-state index contributed by atoms with van der Waals surface area (Å²) in [5, 5.41) is 34.5. The van der Waals surface area contributed by atoms with E-state index >= 15 is 0 Å². The number of nitrogens with one attached hydrogen (secondary N) is 1. The van der Waals surface area contributed by atoms with Gasteiger partial charge in [0.05, 0.1) is 31.2 Å². The topological polar surface area (TPSA) is 116 Å². The van der Waals surface area contributed by atoms with Gasteiger partial charge in [-0.2, -0.15) is 0 Å². The number of hydrogen-bond acceptors (Lipinski definition) is 5. The van der Waals surface area contributed by atoms with E-state index in [-0.39, 0.29) is 30.9 Å². The van der Waals surface area contributed by atoms with Gasteiger partial charge in [0.15, 0.2) is 0 Å². The predicted molar refractivity (Wildman–Crippen MR) is 129 cm³/mol. The molecule has 5 aliphatic rings. The zero-order chi connectivity index (χ0) is 24.8. The summed E-state index contributed by atoms with van der Waals surface area (Å²) in [5.41, 5.74) is 1.57. The summed E-state index contributed by atoms with van der Waals surface area (Å²) in [6, 6.07) is 3.09. The number of aliphatic carboxylic acids is 2. The fourth-order valence-electron chi connectivity index (χ4n) is 8.25. The van der Waals surface area contributed by atoms with E-state index in [4.69, 9.17) is 9.84 Å². The van der Waals surface area contributed by atoms with Gasteiger partial charge >= 0.3 is 11.9 Å². The van der Waals surface area contributed by atoms with E-state index in [9.17, 15) is 19.8 Å². The number of nitrogens with zero attached hydrogens (tertiary/aromatic N) is 1. The van der Waals surface area contributed by atoms with Gasteiger partial charge in [0.1, 0.15) is 29.5 Å². The van der Waals surface area contributed by atoms with Crippen LogP contribution in [0.2, 0.25) is 0 Å². The standard InChI is InChI=1S/C27H36N2O6/c1-15-9-10-27(34)20-13-17-5-6-18(28-19(25(32)33)7-8-21(30)31)23-22(17)26(27,24(15)35-23)11-12-29(20,2)14-16-3-4-16/h5-6,15-16,19-20,24,28,34H,3-4,7-14H2,1-2H3,(H-,30,31,32,33)/p+1/t15-,19+,20-,24+,26+,27-,29?/m1/s1. The first-order valence-electron chi connectivity index (χ1n) is 13.2. The molecule has 7 atom stereocenters. The molecule has 190 valence electrons. The number of anilines is 1. The lowest BCUT2D eigenvalue weighted by Crippen LogP contribution is -2.80. The van der Waals surface area contributed by atoms with E-state index in [0.29, 0.717) is 11.4 Å². The summed E-state index contributed by atoms with van der Waals surface area (Å²) in [6.45, 7) is 4.36. The first-order valence-corrected chi connectivity index (χ1v) is 13.2. The third kappa shape index (κ3) is 3.18. The summed E-state index contributed by atoms with van der Waals surface area (Å²) in [4.78, 5) is 23.0. The number of likely N-dealkylation sites (N-methyl/N-ethyl adjacent to an activating group) is 1. The highest BCUT2D eigenvalue weighted by Crippen LogP contribution is 2.67.